The van der Waals surface area contributed by atoms with E-state index in [-0.39, 0.29) is 30.3 Å². The van der Waals surface area contributed by atoms with Crippen LogP contribution in [0.3, 0.4) is 0 Å². The van der Waals surface area contributed by atoms with E-state index in [1.165, 1.54) is 0 Å². The quantitative estimate of drug-likeness (QED) is 0.382. The van der Waals surface area contributed by atoms with Crippen LogP contribution in [0.15, 0.2) is 52.7 Å². The summed E-state index contributed by atoms with van der Waals surface area (Å²) in [7, 11) is 1.56. The van der Waals surface area contributed by atoms with Gasteiger partial charge in [-0.05, 0) is 49.8 Å². The van der Waals surface area contributed by atoms with Crippen molar-refractivity contribution in [3.05, 3.63) is 59.6 Å². The zero-order valence-corrected chi connectivity index (χ0v) is 21.0. The van der Waals surface area contributed by atoms with Crippen LogP contribution in [0.25, 0.3) is 11.0 Å². The molecule has 4 N–H and O–H groups in total. The second-order valence-electron chi connectivity index (χ2n) is 9.28. The standard InChI is InChI=1S/C26H31N5O6/c1-4-27-24(34)28-12-16-5-8-21-18(9-16)10-22(37-21)26(2,30-25(35)29-15-32)14-31-13-17-6-7-19(36-3)11-20(17)23(31)33/h5-11,15,17,20H,4,12-14H2,1-3H3,(H2,27,28,34)(H2,29,30,32,35)/t17?,20?,26-/m0/s1. The second-order valence-corrected chi connectivity index (χ2v) is 9.28. The van der Waals surface area contributed by atoms with Crippen molar-refractivity contribution in [2.24, 2.45) is 11.8 Å². The highest BCUT2D eigenvalue weighted by molar-refractivity contribution is 5.86. The van der Waals surface area contributed by atoms with Crippen molar-refractivity contribution in [3.63, 3.8) is 0 Å². The number of rotatable bonds is 9. The first kappa shape index (κ1) is 25.8. The lowest BCUT2D eigenvalue weighted by Crippen LogP contribution is -2.54. The van der Waals surface area contributed by atoms with Crippen LogP contribution in [0, 0.1) is 11.8 Å². The minimum Gasteiger partial charge on any atom is -0.497 e. The van der Waals surface area contributed by atoms with E-state index in [2.05, 4.69) is 21.3 Å². The van der Waals surface area contributed by atoms with E-state index in [0.29, 0.717) is 43.1 Å². The number of hydrogen-bond acceptors (Lipinski definition) is 6. The third kappa shape index (κ3) is 5.60. The minimum atomic E-state index is -1.15. The van der Waals surface area contributed by atoms with Gasteiger partial charge in [0.25, 0.3) is 0 Å². The number of carbonyl (C=O) groups is 4. The number of nitrogens with zero attached hydrogens (tertiary/aromatic N) is 1. The van der Waals surface area contributed by atoms with Gasteiger partial charge in [-0.25, -0.2) is 9.59 Å². The molecule has 3 atom stereocenters. The largest absolute Gasteiger partial charge is 0.497 e. The van der Waals surface area contributed by atoms with Gasteiger partial charge in [-0.3, -0.25) is 14.9 Å². The number of urea groups is 2. The number of hydrogen-bond donors (Lipinski definition) is 4. The van der Waals surface area contributed by atoms with E-state index < -0.39 is 11.6 Å². The van der Waals surface area contributed by atoms with Crippen LogP contribution < -0.4 is 21.3 Å². The summed E-state index contributed by atoms with van der Waals surface area (Å²) in [4.78, 5) is 50.0. The fraction of sp³-hybridized carbons (Fsp3) is 0.385. The molecule has 2 aliphatic rings. The molecular formula is C26H31N5O6. The Morgan fingerprint density at radius 3 is 2.78 bits per heavy atom. The number of allylic oxidation sites excluding steroid dienone is 1. The Morgan fingerprint density at radius 1 is 1.24 bits per heavy atom. The summed E-state index contributed by atoms with van der Waals surface area (Å²) in [5, 5.41) is 11.1. The first-order chi connectivity index (χ1) is 17.8. The van der Waals surface area contributed by atoms with Crippen LogP contribution in [0.2, 0.25) is 0 Å². The molecule has 0 spiro atoms. The van der Waals surface area contributed by atoms with Gasteiger partial charge in [0.2, 0.25) is 12.3 Å². The molecule has 1 saturated heterocycles. The van der Waals surface area contributed by atoms with Crippen molar-refractivity contribution < 1.29 is 28.3 Å². The maximum atomic E-state index is 13.2. The summed E-state index contributed by atoms with van der Waals surface area (Å²) in [6.07, 6.45) is 5.92. The lowest BCUT2D eigenvalue weighted by molar-refractivity contribution is -0.130. The van der Waals surface area contributed by atoms with Crippen LogP contribution in [0.4, 0.5) is 9.59 Å². The Hall–Kier alpha value is -4.28. The molecule has 4 rings (SSSR count). The Labute approximate surface area is 214 Å². The monoisotopic (exact) mass is 509 g/mol. The van der Waals surface area contributed by atoms with E-state index in [0.717, 1.165) is 10.9 Å². The topological polar surface area (TPSA) is 142 Å². The highest BCUT2D eigenvalue weighted by Crippen LogP contribution is 2.35. The predicted molar refractivity (Wildman–Crippen MR) is 135 cm³/mol. The van der Waals surface area contributed by atoms with Gasteiger partial charge < -0.3 is 30.0 Å². The summed E-state index contributed by atoms with van der Waals surface area (Å²) in [5.41, 5.74) is 0.301. The minimum absolute atomic E-state index is 0.00454. The van der Waals surface area contributed by atoms with Gasteiger partial charge in [-0.1, -0.05) is 12.1 Å². The number of likely N-dealkylation sites (tertiary alicyclic amines) is 1. The number of furan rings is 1. The normalized spacial score (nSPS) is 20.0. The Morgan fingerprint density at radius 2 is 2.05 bits per heavy atom. The number of benzene rings is 1. The van der Waals surface area contributed by atoms with Gasteiger partial charge in [0, 0.05) is 30.9 Å². The molecule has 196 valence electrons. The predicted octanol–water partition coefficient (Wildman–Crippen LogP) is 2.10. The van der Waals surface area contributed by atoms with E-state index in [9.17, 15) is 19.2 Å². The van der Waals surface area contributed by atoms with Crippen LogP contribution in [0.5, 0.6) is 0 Å². The lowest BCUT2D eigenvalue weighted by atomic mass is 9.91. The van der Waals surface area contributed by atoms with Crippen molar-refractivity contribution in [1.82, 2.24) is 26.2 Å². The number of fused-ring (bicyclic) bond motifs is 2. The molecule has 1 aliphatic carbocycles. The molecule has 11 heteroatoms. The summed E-state index contributed by atoms with van der Waals surface area (Å²) < 4.78 is 11.4. The van der Waals surface area contributed by atoms with Gasteiger partial charge in [0.1, 0.15) is 22.6 Å². The molecule has 0 saturated carbocycles. The number of amides is 6. The average Bonchev–Trinajstić information content (AvgIpc) is 3.44. The number of nitrogens with one attached hydrogen (secondary N) is 4. The highest BCUT2D eigenvalue weighted by Gasteiger charge is 2.44. The van der Waals surface area contributed by atoms with E-state index >= 15 is 0 Å². The molecule has 6 amide bonds. The van der Waals surface area contributed by atoms with Gasteiger partial charge >= 0.3 is 12.1 Å². The molecule has 2 unspecified atom stereocenters. The number of imide groups is 1. The summed E-state index contributed by atoms with van der Waals surface area (Å²) in [6, 6.07) is 6.34. The summed E-state index contributed by atoms with van der Waals surface area (Å²) >= 11 is 0. The molecule has 2 heterocycles. The Balaban J connectivity index is 1.59. The van der Waals surface area contributed by atoms with Gasteiger partial charge in [0.05, 0.1) is 19.6 Å². The fourth-order valence-electron chi connectivity index (χ4n) is 4.74. The zero-order chi connectivity index (χ0) is 26.6. The van der Waals surface area contributed by atoms with Gasteiger partial charge in [0.15, 0.2) is 0 Å². The third-order valence-electron chi connectivity index (χ3n) is 6.58. The molecule has 1 aliphatic heterocycles. The summed E-state index contributed by atoms with van der Waals surface area (Å²) in [6.45, 7) is 5.03. The molecule has 0 radical (unpaired) electrons. The Kier molecular flexibility index (Phi) is 7.51. The first-order valence-corrected chi connectivity index (χ1v) is 12.1. The van der Waals surface area contributed by atoms with Crippen LogP contribution in [0.1, 0.15) is 25.2 Å². The van der Waals surface area contributed by atoms with E-state index in [1.54, 1.807) is 31.1 Å². The smallest absolute Gasteiger partial charge is 0.322 e. The van der Waals surface area contributed by atoms with Gasteiger partial charge in [-0.2, -0.15) is 0 Å². The average molecular weight is 510 g/mol. The van der Waals surface area contributed by atoms with Crippen molar-refractivity contribution in [3.8, 4) is 0 Å². The maximum Gasteiger partial charge on any atom is 0.322 e. The molecule has 11 nitrogen and oxygen atoms in total. The molecule has 1 aromatic carbocycles. The SMILES string of the molecule is CCNC(=O)NCc1ccc2oc([C@](C)(CN3CC4C=CC(OC)=CC4C3=O)NC(=O)NC=O)cc2c1. The number of carbonyl (C=O) groups excluding carboxylic acids is 4. The maximum absolute atomic E-state index is 13.2. The van der Waals surface area contributed by atoms with Crippen LogP contribution >= 0.6 is 0 Å². The first-order valence-electron chi connectivity index (χ1n) is 12.1. The third-order valence-corrected chi connectivity index (χ3v) is 6.58. The molecule has 1 aromatic heterocycles. The second kappa shape index (κ2) is 10.8. The number of methoxy groups -OCH3 is 1. The molecular weight excluding hydrogens is 478 g/mol. The highest BCUT2D eigenvalue weighted by atomic mass is 16.5. The van der Waals surface area contributed by atoms with E-state index in [1.807, 2.05) is 37.3 Å². The van der Waals surface area contributed by atoms with Gasteiger partial charge in [-0.15, -0.1) is 0 Å². The molecule has 1 fully saturated rings. The zero-order valence-electron chi connectivity index (χ0n) is 21.0. The molecule has 2 aromatic rings. The van der Waals surface area contributed by atoms with Crippen LogP contribution in [-0.4, -0.2) is 56.0 Å². The van der Waals surface area contributed by atoms with E-state index in [4.69, 9.17) is 9.15 Å². The van der Waals surface area contributed by atoms with Crippen molar-refractivity contribution in [2.75, 3.05) is 26.7 Å². The van der Waals surface area contributed by atoms with Crippen LogP contribution in [-0.2, 0) is 26.4 Å². The lowest BCUT2D eigenvalue weighted by Gasteiger charge is -2.33. The number of ether oxygens (including phenoxy) is 1. The van der Waals surface area contributed by atoms with Crippen molar-refractivity contribution >= 4 is 35.3 Å². The van der Waals surface area contributed by atoms with Crippen molar-refractivity contribution in [2.45, 2.75) is 25.9 Å². The molecule has 0 bridgehead atoms. The molecule has 37 heavy (non-hydrogen) atoms. The Bertz CT molecular complexity index is 1270. The summed E-state index contributed by atoms with van der Waals surface area (Å²) in [5.74, 6) is 0.627. The van der Waals surface area contributed by atoms with Crippen molar-refractivity contribution in [1.29, 1.82) is 0 Å². The fourth-order valence-corrected chi connectivity index (χ4v) is 4.74.